The highest BCUT2D eigenvalue weighted by Gasteiger charge is 1.87. The molecule has 2 nitrogen and oxygen atoms in total. The van der Waals surface area contributed by atoms with E-state index in [1.54, 1.807) is 0 Å². The molecule has 0 heterocycles. The van der Waals surface area contributed by atoms with Crippen molar-refractivity contribution in [2.24, 2.45) is 0 Å². The van der Waals surface area contributed by atoms with Gasteiger partial charge in [-0.05, 0) is 15.9 Å². The van der Waals surface area contributed by atoms with E-state index in [2.05, 4.69) is 33.1 Å². The fraction of sp³-hybridized carbons (Fsp3) is 0.286. The van der Waals surface area contributed by atoms with E-state index in [-0.39, 0.29) is 10.7 Å². The van der Waals surface area contributed by atoms with Gasteiger partial charge in [0.1, 0.15) is 0 Å². The zero-order valence-electron chi connectivity index (χ0n) is 6.80. The summed E-state index contributed by atoms with van der Waals surface area (Å²) in [5.74, 6) is 3.83. The minimum Gasteiger partial charge on any atom is -0.382 e. The van der Waals surface area contributed by atoms with Gasteiger partial charge in [-0.3, -0.25) is 0 Å². The Bertz CT molecular complexity index is 187. The van der Waals surface area contributed by atoms with Crippen LogP contribution in [0.25, 0.3) is 0 Å². The van der Waals surface area contributed by atoms with Crippen molar-refractivity contribution in [3.63, 3.8) is 0 Å². The summed E-state index contributed by atoms with van der Waals surface area (Å²) in [6.45, 7) is 3.71. The van der Waals surface area contributed by atoms with Gasteiger partial charge in [0.05, 0.1) is 3.81 Å². The Morgan fingerprint density at radius 1 is 1.64 bits per heavy atom. The average Bonchev–Trinajstić information content (AvgIpc) is 1.86. The van der Waals surface area contributed by atoms with Gasteiger partial charge in [0, 0.05) is 26.5 Å². The highest BCUT2D eigenvalue weighted by atomic mass is 79.9. The highest BCUT2D eigenvalue weighted by molar-refractivity contribution is 9.14. The van der Waals surface area contributed by atoms with E-state index in [9.17, 15) is 0 Å². The fourth-order valence-corrected chi connectivity index (χ4v) is 0.959. The normalized spacial score (nSPS) is 13.0. The first-order valence-electron chi connectivity index (χ1n) is 3.01. The van der Waals surface area contributed by atoms with Crippen LogP contribution in [0.15, 0.2) is 22.8 Å². The van der Waals surface area contributed by atoms with E-state index in [0.717, 1.165) is 3.81 Å². The molecule has 0 radical (unpaired) electrons. The summed E-state index contributed by atoms with van der Waals surface area (Å²) < 4.78 is 3.94. The van der Waals surface area contributed by atoms with Crippen LogP contribution in [0.5, 0.6) is 0 Å². The minimum absolute atomic E-state index is 0.229. The third-order valence-corrected chi connectivity index (χ3v) is 2.98. The van der Waals surface area contributed by atoms with Gasteiger partial charge in [0.2, 0.25) is 0 Å². The van der Waals surface area contributed by atoms with Crippen molar-refractivity contribution in [2.75, 3.05) is 14.1 Å². The van der Waals surface area contributed by atoms with E-state index in [1.165, 1.54) is 0 Å². The van der Waals surface area contributed by atoms with Gasteiger partial charge in [-0.25, -0.2) is 0 Å². The number of hydrogen-bond acceptors (Lipinski definition) is 2. The average molecular weight is 237 g/mol. The van der Waals surface area contributed by atoms with Gasteiger partial charge in [0.25, 0.3) is 0 Å². The zero-order valence-corrected chi connectivity index (χ0v) is 9.20. The topological polar surface area (TPSA) is 15.3 Å². The molecule has 0 bridgehead atoms. The van der Waals surface area contributed by atoms with Crippen LogP contribution in [0.4, 0.5) is 0 Å². The Hall–Kier alpha value is -0.220. The van der Waals surface area contributed by atoms with Crippen LogP contribution < -0.4 is 4.72 Å². The predicted octanol–water partition coefficient (Wildman–Crippen LogP) is 2.09. The van der Waals surface area contributed by atoms with Crippen molar-refractivity contribution in [2.45, 2.75) is 0 Å². The van der Waals surface area contributed by atoms with E-state index in [4.69, 9.17) is 0 Å². The summed E-state index contributed by atoms with van der Waals surface area (Å²) >= 11 is 3.25. The van der Waals surface area contributed by atoms with Crippen LogP contribution >= 0.6 is 26.6 Å². The highest BCUT2D eigenvalue weighted by Crippen LogP contribution is 2.21. The third-order valence-electron chi connectivity index (χ3n) is 0.850. The van der Waals surface area contributed by atoms with Crippen LogP contribution in [0, 0.1) is 0 Å². The lowest BCUT2D eigenvalue weighted by Gasteiger charge is -2.06. The number of halogens is 1. The quantitative estimate of drug-likeness (QED) is 0.753. The molecule has 0 aromatic heterocycles. The summed E-state index contributed by atoms with van der Waals surface area (Å²) in [4.78, 5) is 1.95. The summed E-state index contributed by atoms with van der Waals surface area (Å²) in [6, 6.07) is 0. The van der Waals surface area contributed by atoms with Crippen molar-refractivity contribution < 1.29 is 0 Å². The largest absolute Gasteiger partial charge is 0.382 e. The van der Waals surface area contributed by atoms with Crippen molar-refractivity contribution >= 4 is 32.5 Å². The molecule has 0 aromatic rings. The first-order chi connectivity index (χ1) is 5.04. The first-order valence-corrected chi connectivity index (χ1v) is 5.20. The van der Waals surface area contributed by atoms with E-state index < -0.39 is 0 Å². The van der Waals surface area contributed by atoms with E-state index >= 15 is 0 Å². The molecule has 0 rings (SSSR count). The van der Waals surface area contributed by atoms with Gasteiger partial charge in [0.15, 0.2) is 0 Å². The summed E-state index contributed by atoms with van der Waals surface area (Å²) in [7, 11) is 3.69. The maximum absolute atomic E-state index is 3.83. The molecule has 0 saturated carbocycles. The van der Waals surface area contributed by atoms with Crippen molar-refractivity contribution in [1.29, 1.82) is 0 Å². The van der Waals surface area contributed by atoms with Crippen LogP contribution in [0.3, 0.4) is 0 Å². The van der Waals surface area contributed by atoms with Gasteiger partial charge in [-0.15, -0.1) is 0 Å². The molecule has 0 aliphatic rings. The molecular formula is C7H13BrN2S. The van der Waals surface area contributed by atoms with Gasteiger partial charge in [-0.1, -0.05) is 23.1 Å². The molecule has 0 saturated heterocycles. The number of nitrogens with one attached hydrogen (secondary N) is 1. The van der Waals surface area contributed by atoms with Gasteiger partial charge < -0.3 is 9.62 Å². The Labute approximate surface area is 79.2 Å². The maximum Gasteiger partial charge on any atom is 0.0560 e. The van der Waals surface area contributed by atoms with E-state index in [0.29, 0.717) is 0 Å². The molecule has 4 heteroatoms. The molecule has 64 valence electrons. The lowest BCUT2D eigenvalue weighted by Crippen LogP contribution is -2.03. The monoisotopic (exact) mass is 236 g/mol. The molecule has 1 N–H and O–H groups in total. The van der Waals surface area contributed by atoms with Crippen LogP contribution in [0.1, 0.15) is 0 Å². The van der Waals surface area contributed by atoms with Gasteiger partial charge in [-0.2, -0.15) is 0 Å². The second-order valence-electron chi connectivity index (χ2n) is 2.14. The maximum atomic E-state index is 3.83. The van der Waals surface area contributed by atoms with Crippen molar-refractivity contribution in [3.05, 3.63) is 22.8 Å². The second-order valence-corrected chi connectivity index (χ2v) is 5.14. The molecule has 11 heavy (non-hydrogen) atoms. The van der Waals surface area contributed by atoms with Gasteiger partial charge >= 0.3 is 0 Å². The van der Waals surface area contributed by atoms with Crippen LogP contribution in [-0.2, 0) is 0 Å². The summed E-state index contributed by atoms with van der Waals surface area (Å²) in [5.41, 5.74) is 0. The van der Waals surface area contributed by atoms with Crippen molar-refractivity contribution in [1.82, 2.24) is 9.62 Å². The molecule has 1 atom stereocenters. The zero-order chi connectivity index (χ0) is 8.85. The lowest BCUT2D eigenvalue weighted by atomic mass is 10.8. The van der Waals surface area contributed by atoms with Crippen LogP contribution in [-0.4, -0.2) is 24.9 Å². The number of rotatable bonds is 4. The second kappa shape index (κ2) is 5.43. The number of nitrogens with zero attached hydrogens (tertiary/aromatic N) is 1. The Morgan fingerprint density at radius 3 is 2.55 bits per heavy atom. The summed E-state index contributed by atoms with van der Waals surface area (Å²) in [6.07, 6.45) is 3.77. The molecule has 0 aliphatic carbocycles. The summed E-state index contributed by atoms with van der Waals surface area (Å²) in [5, 5.41) is 0. The molecule has 0 aliphatic heterocycles. The Morgan fingerprint density at radius 2 is 2.18 bits per heavy atom. The predicted molar refractivity (Wildman–Crippen MR) is 58.7 cm³/mol. The Balaban J connectivity index is 3.71. The van der Waals surface area contributed by atoms with E-state index in [1.807, 2.05) is 31.4 Å². The molecule has 0 fully saturated rings. The molecule has 0 amide bonds. The molecule has 0 spiro atoms. The Kier molecular flexibility index (Phi) is 5.32. The molecule has 0 aromatic carbocycles. The molecular weight excluding hydrogens is 224 g/mol. The molecule has 1 unspecified atom stereocenters. The lowest BCUT2D eigenvalue weighted by molar-refractivity contribution is 0.561. The minimum atomic E-state index is -0.229. The first kappa shape index (κ1) is 10.8. The van der Waals surface area contributed by atoms with Crippen molar-refractivity contribution in [3.8, 4) is 0 Å². The smallest absolute Gasteiger partial charge is 0.0560 e. The van der Waals surface area contributed by atoms with Crippen LogP contribution in [0.2, 0.25) is 0 Å². The standard InChI is InChI=1S/C7H13BrN2S/c1-7(8)11(4)9-5-6-10(2)3/h5-6,9H,1,4H2,2-3H3/b6-5+. The third kappa shape index (κ3) is 6.19. The number of hydrogen-bond donors (Lipinski definition) is 1. The fourth-order valence-electron chi connectivity index (χ4n) is 0.326. The SMILES string of the molecule is C=C(Br)S(=C)N/C=C/N(C)C.